The largest absolute Gasteiger partial charge is 0.348 e. The van der Waals surface area contributed by atoms with Gasteiger partial charge in [-0.25, -0.2) is 0 Å². The molecule has 2 rings (SSSR count). The van der Waals surface area contributed by atoms with Crippen molar-refractivity contribution in [3.8, 4) is 0 Å². The highest BCUT2D eigenvalue weighted by Crippen LogP contribution is 2.08. The first-order chi connectivity index (χ1) is 8.25. The lowest BCUT2D eigenvalue weighted by Gasteiger charge is -2.05. The number of hydrogen-bond acceptors (Lipinski definition) is 2. The fourth-order valence-corrected chi connectivity index (χ4v) is 1.64. The van der Waals surface area contributed by atoms with Crippen molar-refractivity contribution in [3.63, 3.8) is 0 Å². The predicted octanol–water partition coefficient (Wildman–Crippen LogP) is 2.91. The predicted molar refractivity (Wildman–Crippen MR) is 71.3 cm³/mol. The van der Waals surface area contributed by atoms with Gasteiger partial charge in [0, 0.05) is 17.0 Å². The SMILES string of the molecule is O=C(NCc1ccccc1)c1ccc(S)cc1. The zero-order valence-corrected chi connectivity index (χ0v) is 10.2. The number of carbonyl (C=O) groups excluding carboxylic acids is 1. The van der Waals surface area contributed by atoms with E-state index in [0.29, 0.717) is 12.1 Å². The third kappa shape index (κ3) is 3.36. The Morgan fingerprint density at radius 3 is 2.29 bits per heavy atom. The van der Waals surface area contributed by atoms with E-state index in [0.717, 1.165) is 10.5 Å². The van der Waals surface area contributed by atoms with Crippen molar-refractivity contribution in [1.29, 1.82) is 0 Å². The molecule has 0 atom stereocenters. The van der Waals surface area contributed by atoms with Gasteiger partial charge < -0.3 is 5.32 Å². The summed E-state index contributed by atoms with van der Waals surface area (Å²) < 4.78 is 0. The van der Waals surface area contributed by atoms with Crippen LogP contribution in [0.4, 0.5) is 0 Å². The molecule has 0 saturated heterocycles. The molecule has 0 aliphatic heterocycles. The van der Waals surface area contributed by atoms with Gasteiger partial charge in [-0.15, -0.1) is 12.6 Å². The van der Waals surface area contributed by atoms with E-state index in [1.54, 1.807) is 24.3 Å². The monoisotopic (exact) mass is 243 g/mol. The van der Waals surface area contributed by atoms with Crippen LogP contribution in [0.1, 0.15) is 15.9 Å². The van der Waals surface area contributed by atoms with Crippen LogP contribution in [-0.4, -0.2) is 5.91 Å². The average Bonchev–Trinajstić information content (AvgIpc) is 2.38. The molecule has 0 spiro atoms. The van der Waals surface area contributed by atoms with Crippen LogP contribution in [0, 0.1) is 0 Å². The molecular formula is C14H13NOS. The summed E-state index contributed by atoms with van der Waals surface area (Å²) in [5.41, 5.74) is 1.74. The highest BCUT2D eigenvalue weighted by molar-refractivity contribution is 7.80. The smallest absolute Gasteiger partial charge is 0.251 e. The van der Waals surface area contributed by atoms with Crippen LogP contribution in [0.25, 0.3) is 0 Å². The maximum absolute atomic E-state index is 11.8. The van der Waals surface area contributed by atoms with Crippen molar-refractivity contribution in [2.75, 3.05) is 0 Å². The molecule has 2 aromatic carbocycles. The number of nitrogens with one attached hydrogen (secondary N) is 1. The van der Waals surface area contributed by atoms with E-state index >= 15 is 0 Å². The van der Waals surface area contributed by atoms with E-state index in [4.69, 9.17) is 0 Å². The van der Waals surface area contributed by atoms with Gasteiger partial charge in [-0.1, -0.05) is 30.3 Å². The number of carbonyl (C=O) groups is 1. The molecule has 17 heavy (non-hydrogen) atoms. The normalized spacial score (nSPS) is 9.94. The fraction of sp³-hybridized carbons (Fsp3) is 0.0714. The molecule has 3 heteroatoms. The number of thiol groups is 1. The second-order valence-electron chi connectivity index (χ2n) is 3.72. The van der Waals surface area contributed by atoms with Crippen LogP contribution in [0.5, 0.6) is 0 Å². The van der Waals surface area contributed by atoms with E-state index in [9.17, 15) is 4.79 Å². The Hall–Kier alpha value is -1.74. The molecule has 0 radical (unpaired) electrons. The average molecular weight is 243 g/mol. The summed E-state index contributed by atoms with van der Waals surface area (Å²) in [6.45, 7) is 0.544. The molecule has 2 aromatic rings. The van der Waals surface area contributed by atoms with Crippen LogP contribution >= 0.6 is 12.6 Å². The first-order valence-electron chi connectivity index (χ1n) is 5.37. The Bertz CT molecular complexity index is 493. The highest BCUT2D eigenvalue weighted by atomic mass is 32.1. The number of amides is 1. The van der Waals surface area contributed by atoms with Gasteiger partial charge in [-0.05, 0) is 29.8 Å². The molecule has 86 valence electrons. The van der Waals surface area contributed by atoms with Crippen molar-refractivity contribution in [2.24, 2.45) is 0 Å². The number of benzene rings is 2. The second kappa shape index (κ2) is 5.55. The van der Waals surface area contributed by atoms with Crippen molar-refractivity contribution >= 4 is 18.5 Å². The van der Waals surface area contributed by atoms with E-state index in [1.165, 1.54) is 0 Å². The Kier molecular flexibility index (Phi) is 3.83. The van der Waals surface area contributed by atoms with Gasteiger partial charge in [0.05, 0.1) is 0 Å². The van der Waals surface area contributed by atoms with Crippen molar-refractivity contribution in [2.45, 2.75) is 11.4 Å². The van der Waals surface area contributed by atoms with Gasteiger partial charge >= 0.3 is 0 Å². The lowest BCUT2D eigenvalue weighted by molar-refractivity contribution is 0.0951. The standard InChI is InChI=1S/C14H13NOS/c16-14(12-6-8-13(17)9-7-12)15-10-11-4-2-1-3-5-11/h1-9,17H,10H2,(H,15,16). The van der Waals surface area contributed by atoms with Crippen LogP contribution in [0.3, 0.4) is 0 Å². The van der Waals surface area contributed by atoms with Gasteiger partial charge in [0.15, 0.2) is 0 Å². The van der Waals surface area contributed by atoms with Crippen molar-refractivity contribution in [3.05, 3.63) is 65.7 Å². The molecule has 1 amide bonds. The first kappa shape index (κ1) is 11.7. The minimum absolute atomic E-state index is 0.0674. The maximum atomic E-state index is 11.8. The fourth-order valence-electron chi connectivity index (χ4n) is 1.49. The summed E-state index contributed by atoms with van der Waals surface area (Å²) in [7, 11) is 0. The molecule has 0 aliphatic rings. The minimum Gasteiger partial charge on any atom is -0.348 e. The molecule has 0 bridgehead atoms. The summed E-state index contributed by atoms with van der Waals surface area (Å²) in [4.78, 5) is 12.6. The molecular weight excluding hydrogens is 230 g/mol. The Morgan fingerprint density at radius 2 is 1.65 bits per heavy atom. The van der Waals surface area contributed by atoms with Gasteiger partial charge in [0.25, 0.3) is 5.91 Å². The van der Waals surface area contributed by atoms with Gasteiger partial charge in [-0.2, -0.15) is 0 Å². The van der Waals surface area contributed by atoms with Crippen LogP contribution < -0.4 is 5.32 Å². The molecule has 1 N–H and O–H groups in total. The Balaban J connectivity index is 1.96. The van der Waals surface area contributed by atoms with E-state index in [1.807, 2.05) is 30.3 Å². The van der Waals surface area contributed by atoms with E-state index in [-0.39, 0.29) is 5.91 Å². The molecule has 2 nitrogen and oxygen atoms in total. The lowest BCUT2D eigenvalue weighted by atomic mass is 10.2. The van der Waals surface area contributed by atoms with E-state index in [2.05, 4.69) is 17.9 Å². The summed E-state index contributed by atoms with van der Waals surface area (Å²) in [5.74, 6) is -0.0674. The molecule has 0 saturated carbocycles. The third-order valence-corrected chi connectivity index (χ3v) is 2.72. The quantitative estimate of drug-likeness (QED) is 0.797. The zero-order chi connectivity index (χ0) is 12.1. The van der Waals surface area contributed by atoms with E-state index < -0.39 is 0 Å². The maximum Gasteiger partial charge on any atom is 0.251 e. The summed E-state index contributed by atoms with van der Waals surface area (Å²) in [5, 5.41) is 2.87. The molecule has 0 heterocycles. The van der Waals surface area contributed by atoms with Gasteiger partial charge in [0.1, 0.15) is 0 Å². The first-order valence-corrected chi connectivity index (χ1v) is 5.81. The highest BCUT2D eigenvalue weighted by Gasteiger charge is 2.03. The third-order valence-electron chi connectivity index (χ3n) is 2.43. The summed E-state index contributed by atoms with van der Waals surface area (Å²) >= 11 is 4.18. The summed E-state index contributed by atoms with van der Waals surface area (Å²) in [6, 6.07) is 17.0. The molecule has 0 fully saturated rings. The number of rotatable bonds is 3. The zero-order valence-electron chi connectivity index (χ0n) is 9.26. The van der Waals surface area contributed by atoms with Crippen molar-refractivity contribution in [1.82, 2.24) is 5.32 Å². The molecule has 0 unspecified atom stereocenters. The number of hydrogen-bond donors (Lipinski definition) is 2. The van der Waals surface area contributed by atoms with Gasteiger partial charge in [-0.3, -0.25) is 4.79 Å². The van der Waals surface area contributed by atoms with Crippen LogP contribution in [-0.2, 0) is 6.54 Å². The summed E-state index contributed by atoms with van der Waals surface area (Å²) in [6.07, 6.45) is 0. The molecule has 0 aliphatic carbocycles. The van der Waals surface area contributed by atoms with Crippen molar-refractivity contribution < 1.29 is 4.79 Å². The Morgan fingerprint density at radius 1 is 1.00 bits per heavy atom. The van der Waals surface area contributed by atoms with Crippen LogP contribution in [0.15, 0.2) is 59.5 Å². The lowest BCUT2D eigenvalue weighted by Crippen LogP contribution is -2.22. The van der Waals surface area contributed by atoms with Gasteiger partial charge in [0.2, 0.25) is 0 Å². The van der Waals surface area contributed by atoms with Crippen LogP contribution in [0.2, 0.25) is 0 Å². The second-order valence-corrected chi connectivity index (χ2v) is 4.23. The topological polar surface area (TPSA) is 29.1 Å². The minimum atomic E-state index is -0.0674. The molecule has 0 aromatic heterocycles. The Labute approximate surface area is 106 Å².